The van der Waals surface area contributed by atoms with Crippen LogP contribution < -0.4 is 10.2 Å². The topological polar surface area (TPSA) is 41.6 Å². The van der Waals surface area contributed by atoms with Gasteiger partial charge in [0, 0.05) is 32.1 Å². The molecule has 0 spiro atoms. The van der Waals surface area contributed by atoms with E-state index >= 15 is 0 Å². The SMILES string of the molecule is COCCNc1ccc2c(c1)CC(=O)N2C. The van der Waals surface area contributed by atoms with Gasteiger partial charge in [0.05, 0.1) is 13.0 Å². The van der Waals surface area contributed by atoms with Gasteiger partial charge in [-0.2, -0.15) is 0 Å². The van der Waals surface area contributed by atoms with Crippen molar-refractivity contribution in [2.24, 2.45) is 0 Å². The van der Waals surface area contributed by atoms with Gasteiger partial charge in [0.2, 0.25) is 5.91 Å². The van der Waals surface area contributed by atoms with Crippen molar-refractivity contribution in [1.29, 1.82) is 0 Å². The zero-order valence-electron chi connectivity index (χ0n) is 9.62. The number of fused-ring (bicyclic) bond motifs is 1. The minimum atomic E-state index is 0.157. The molecule has 0 aliphatic carbocycles. The van der Waals surface area contributed by atoms with E-state index in [2.05, 4.69) is 5.32 Å². The van der Waals surface area contributed by atoms with E-state index in [0.29, 0.717) is 13.0 Å². The molecular weight excluding hydrogens is 204 g/mol. The quantitative estimate of drug-likeness (QED) is 0.777. The van der Waals surface area contributed by atoms with E-state index in [4.69, 9.17) is 4.74 Å². The smallest absolute Gasteiger partial charge is 0.231 e. The van der Waals surface area contributed by atoms with Gasteiger partial charge in [-0.15, -0.1) is 0 Å². The number of anilines is 2. The van der Waals surface area contributed by atoms with Crippen LogP contribution in [0.15, 0.2) is 18.2 Å². The Bertz CT molecular complexity index is 404. The van der Waals surface area contributed by atoms with Crippen LogP contribution in [-0.2, 0) is 16.0 Å². The molecule has 0 saturated carbocycles. The lowest BCUT2D eigenvalue weighted by atomic mass is 10.1. The molecule has 0 unspecified atom stereocenters. The molecule has 0 radical (unpaired) electrons. The Morgan fingerprint density at radius 3 is 3.06 bits per heavy atom. The van der Waals surface area contributed by atoms with E-state index in [1.54, 1.807) is 12.0 Å². The fourth-order valence-electron chi connectivity index (χ4n) is 1.88. The van der Waals surface area contributed by atoms with E-state index < -0.39 is 0 Å². The molecule has 0 atom stereocenters. The molecule has 0 fully saturated rings. The van der Waals surface area contributed by atoms with Gasteiger partial charge in [0.15, 0.2) is 0 Å². The van der Waals surface area contributed by atoms with Gasteiger partial charge in [-0.25, -0.2) is 0 Å². The van der Waals surface area contributed by atoms with E-state index in [1.165, 1.54) is 0 Å². The van der Waals surface area contributed by atoms with Crippen molar-refractivity contribution in [2.45, 2.75) is 6.42 Å². The number of nitrogens with one attached hydrogen (secondary N) is 1. The minimum Gasteiger partial charge on any atom is -0.383 e. The summed E-state index contributed by atoms with van der Waals surface area (Å²) in [4.78, 5) is 13.2. The lowest BCUT2D eigenvalue weighted by Gasteiger charge is -2.11. The third-order valence-electron chi connectivity index (χ3n) is 2.79. The molecule has 2 rings (SSSR count). The minimum absolute atomic E-state index is 0.157. The van der Waals surface area contributed by atoms with Crippen LogP contribution in [0, 0.1) is 0 Å². The average Bonchev–Trinajstić information content (AvgIpc) is 2.55. The first kappa shape index (κ1) is 11.0. The summed E-state index contributed by atoms with van der Waals surface area (Å²) in [6.07, 6.45) is 0.506. The van der Waals surface area contributed by atoms with Crippen LogP contribution in [0.4, 0.5) is 11.4 Å². The Hall–Kier alpha value is -1.55. The summed E-state index contributed by atoms with van der Waals surface area (Å²) >= 11 is 0. The number of carbonyl (C=O) groups excluding carboxylic acids is 1. The van der Waals surface area contributed by atoms with E-state index in [9.17, 15) is 4.79 Å². The summed E-state index contributed by atoms with van der Waals surface area (Å²) in [5.41, 5.74) is 3.15. The maximum atomic E-state index is 11.5. The first-order valence-electron chi connectivity index (χ1n) is 5.34. The zero-order valence-corrected chi connectivity index (χ0v) is 9.62. The number of amides is 1. The van der Waals surface area contributed by atoms with Gasteiger partial charge in [-0.1, -0.05) is 0 Å². The highest BCUT2D eigenvalue weighted by molar-refractivity contribution is 6.01. The summed E-state index contributed by atoms with van der Waals surface area (Å²) in [5.74, 6) is 0.157. The molecule has 1 aromatic rings. The van der Waals surface area contributed by atoms with Crippen molar-refractivity contribution in [2.75, 3.05) is 37.5 Å². The zero-order chi connectivity index (χ0) is 11.5. The van der Waals surface area contributed by atoms with Crippen LogP contribution in [0.25, 0.3) is 0 Å². The number of hydrogen-bond acceptors (Lipinski definition) is 3. The van der Waals surface area contributed by atoms with Crippen molar-refractivity contribution in [3.05, 3.63) is 23.8 Å². The molecule has 0 saturated heterocycles. The molecule has 4 nitrogen and oxygen atoms in total. The van der Waals surface area contributed by atoms with Crippen molar-refractivity contribution in [3.8, 4) is 0 Å². The first-order chi connectivity index (χ1) is 7.72. The van der Waals surface area contributed by atoms with Crippen LogP contribution in [0.1, 0.15) is 5.56 Å². The molecule has 1 aliphatic heterocycles. The van der Waals surface area contributed by atoms with Crippen molar-refractivity contribution in [3.63, 3.8) is 0 Å². The summed E-state index contributed by atoms with van der Waals surface area (Å²) < 4.78 is 4.97. The summed E-state index contributed by atoms with van der Waals surface area (Å²) in [6.45, 7) is 1.45. The predicted octanol–water partition coefficient (Wildman–Crippen LogP) is 1.26. The maximum absolute atomic E-state index is 11.5. The fourth-order valence-corrected chi connectivity index (χ4v) is 1.88. The van der Waals surface area contributed by atoms with Crippen LogP contribution >= 0.6 is 0 Å². The normalized spacial score (nSPS) is 14.1. The van der Waals surface area contributed by atoms with Gasteiger partial charge in [0.1, 0.15) is 0 Å². The monoisotopic (exact) mass is 220 g/mol. The molecule has 0 bridgehead atoms. The first-order valence-corrected chi connectivity index (χ1v) is 5.34. The molecule has 0 aromatic heterocycles. The van der Waals surface area contributed by atoms with E-state index in [1.807, 2.05) is 25.2 Å². The number of hydrogen-bond donors (Lipinski definition) is 1. The van der Waals surface area contributed by atoms with Crippen LogP contribution in [0.2, 0.25) is 0 Å². The third kappa shape index (κ3) is 2.02. The van der Waals surface area contributed by atoms with E-state index in [0.717, 1.165) is 23.5 Å². The molecule has 4 heteroatoms. The Kier molecular flexibility index (Phi) is 3.10. The highest BCUT2D eigenvalue weighted by Crippen LogP contribution is 2.29. The number of rotatable bonds is 4. The lowest BCUT2D eigenvalue weighted by molar-refractivity contribution is -0.117. The second kappa shape index (κ2) is 4.53. The maximum Gasteiger partial charge on any atom is 0.231 e. The molecule has 1 aromatic carbocycles. The van der Waals surface area contributed by atoms with Crippen LogP contribution in [-0.4, -0.2) is 33.2 Å². The Morgan fingerprint density at radius 2 is 2.31 bits per heavy atom. The van der Waals surface area contributed by atoms with Crippen molar-refractivity contribution in [1.82, 2.24) is 0 Å². The number of methoxy groups -OCH3 is 1. The number of ether oxygens (including phenoxy) is 1. The van der Waals surface area contributed by atoms with Gasteiger partial charge >= 0.3 is 0 Å². The molecule has 1 aliphatic rings. The van der Waals surface area contributed by atoms with Gasteiger partial charge in [0.25, 0.3) is 0 Å². The van der Waals surface area contributed by atoms with Gasteiger partial charge in [-0.05, 0) is 23.8 Å². The largest absolute Gasteiger partial charge is 0.383 e. The van der Waals surface area contributed by atoms with Crippen LogP contribution in [0.5, 0.6) is 0 Å². The molecule has 1 N–H and O–H groups in total. The predicted molar refractivity (Wildman–Crippen MR) is 63.9 cm³/mol. The summed E-state index contributed by atoms with van der Waals surface area (Å²) in [6, 6.07) is 6.01. The standard InChI is InChI=1S/C12H16N2O2/c1-14-11-4-3-10(13-5-6-16-2)7-9(11)8-12(14)15/h3-4,7,13H,5-6,8H2,1-2H3. The summed E-state index contributed by atoms with van der Waals surface area (Å²) in [7, 11) is 3.49. The molecule has 86 valence electrons. The second-order valence-electron chi connectivity index (χ2n) is 3.89. The highest BCUT2D eigenvalue weighted by atomic mass is 16.5. The second-order valence-corrected chi connectivity index (χ2v) is 3.89. The Labute approximate surface area is 95.2 Å². The third-order valence-corrected chi connectivity index (χ3v) is 2.79. The Morgan fingerprint density at radius 1 is 1.50 bits per heavy atom. The summed E-state index contributed by atoms with van der Waals surface area (Å²) in [5, 5.41) is 3.25. The molecular formula is C12H16N2O2. The van der Waals surface area contributed by atoms with Crippen molar-refractivity contribution < 1.29 is 9.53 Å². The molecule has 1 amide bonds. The van der Waals surface area contributed by atoms with E-state index in [-0.39, 0.29) is 5.91 Å². The number of nitrogens with zero attached hydrogens (tertiary/aromatic N) is 1. The average molecular weight is 220 g/mol. The van der Waals surface area contributed by atoms with Crippen LogP contribution in [0.3, 0.4) is 0 Å². The number of benzene rings is 1. The molecule has 1 heterocycles. The number of carbonyl (C=O) groups is 1. The van der Waals surface area contributed by atoms with Gasteiger partial charge in [-0.3, -0.25) is 4.79 Å². The Balaban J connectivity index is 2.09. The van der Waals surface area contributed by atoms with Crippen molar-refractivity contribution >= 4 is 17.3 Å². The fraction of sp³-hybridized carbons (Fsp3) is 0.417. The van der Waals surface area contributed by atoms with Gasteiger partial charge < -0.3 is 15.0 Å². The molecule has 16 heavy (non-hydrogen) atoms. The highest BCUT2D eigenvalue weighted by Gasteiger charge is 2.23. The lowest BCUT2D eigenvalue weighted by Crippen LogP contribution is -2.20. The number of likely N-dealkylation sites (N-methyl/N-ethyl adjacent to an activating group) is 1.